The van der Waals surface area contributed by atoms with Gasteiger partial charge in [0, 0.05) is 13.1 Å². The van der Waals surface area contributed by atoms with E-state index < -0.39 is 0 Å². The van der Waals surface area contributed by atoms with Crippen molar-refractivity contribution in [3.05, 3.63) is 64.6 Å². The van der Waals surface area contributed by atoms with Crippen molar-refractivity contribution >= 4 is 11.4 Å². The molecule has 2 aromatic rings. The smallest absolute Gasteiger partial charge is 0.0658 e. The van der Waals surface area contributed by atoms with Crippen LogP contribution in [0.4, 0.5) is 11.4 Å². The molecule has 0 amide bonds. The molecule has 2 aliphatic rings. The zero-order valence-corrected chi connectivity index (χ0v) is 13.2. The third kappa shape index (κ3) is 3.51. The van der Waals surface area contributed by atoms with Crippen LogP contribution < -0.4 is 15.9 Å². The highest BCUT2D eigenvalue weighted by molar-refractivity contribution is 5.55. The van der Waals surface area contributed by atoms with Crippen molar-refractivity contribution in [2.45, 2.75) is 25.7 Å². The molecule has 0 spiro atoms. The van der Waals surface area contributed by atoms with Gasteiger partial charge in [0.1, 0.15) is 0 Å². The molecule has 2 aliphatic heterocycles. The zero-order chi connectivity index (χ0) is 16.1. The first-order valence-electron chi connectivity index (χ1n) is 8.08. The van der Waals surface area contributed by atoms with Crippen LogP contribution in [0.2, 0.25) is 0 Å². The van der Waals surface area contributed by atoms with Gasteiger partial charge in [0.05, 0.1) is 16.7 Å². The molecule has 0 saturated heterocycles. The van der Waals surface area contributed by atoms with Crippen LogP contribution in [0.1, 0.15) is 24.0 Å². The third-order valence-electron chi connectivity index (χ3n) is 4.33. The van der Waals surface area contributed by atoms with Gasteiger partial charge in [-0.05, 0) is 48.9 Å². The lowest BCUT2D eigenvalue weighted by atomic mass is 10.0. The second-order valence-corrected chi connectivity index (χ2v) is 5.86. The van der Waals surface area contributed by atoms with E-state index in [2.05, 4.69) is 23.5 Å². The fraction of sp³-hybridized carbons (Fsp3) is 0.333. The molecule has 5 heteroatoms. The Bertz CT molecular complexity index is 674. The first kappa shape index (κ1) is 15.5. The van der Waals surface area contributed by atoms with Gasteiger partial charge in [-0.2, -0.15) is 0 Å². The number of hydrogen-bond donors (Lipinski definition) is 1. The molecule has 0 fully saturated rings. The SMILES string of the molecule is NN1CCCc2ccccc21.O=NN1CCCc2ccccc21. The van der Waals surface area contributed by atoms with E-state index in [4.69, 9.17) is 5.84 Å². The summed E-state index contributed by atoms with van der Waals surface area (Å²) in [5.74, 6) is 5.78. The lowest BCUT2D eigenvalue weighted by Crippen LogP contribution is -2.35. The number of nitroso groups, excluding NO2 is 1. The standard InChI is InChI=1S/C9H10N2O.C9H12N2/c12-10-11-7-3-5-8-4-1-2-6-9(8)11;10-11-7-3-5-8-4-1-2-6-9(8)11/h1-2,4,6H,3,5,7H2;1-2,4,6H,3,5,7,10H2. The molecule has 2 heterocycles. The maximum Gasteiger partial charge on any atom is 0.0658 e. The Morgan fingerprint density at radius 2 is 1.39 bits per heavy atom. The van der Waals surface area contributed by atoms with Gasteiger partial charge in [0.25, 0.3) is 0 Å². The maximum absolute atomic E-state index is 10.4. The molecule has 0 radical (unpaired) electrons. The van der Waals surface area contributed by atoms with Crippen LogP contribution in [0, 0.1) is 4.91 Å². The molecule has 0 unspecified atom stereocenters. The van der Waals surface area contributed by atoms with Gasteiger partial charge in [-0.3, -0.25) is 0 Å². The minimum atomic E-state index is 0.751. The Morgan fingerprint density at radius 1 is 0.826 bits per heavy atom. The number of benzene rings is 2. The number of hydrogen-bond acceptors (Lipinski definition) is 4. The Hall–Kier alpha value is -2.40. The van der Waals surface area contributed by atoms with Crippen LogP contribution in [0.25, 0.3) is 0 Å². The average Bonchev–Trinajstić information content (AvgIpc) is 2.62. The summed E-state index contributed by atoms with van der Waals surface area (Å²) >= 11 is 0. The molecule has 0 atom stereocenters. The molecule has 0 saturated carbocycles. The van der Waals surface area contributed by atoms with E-state index in [9.17, 15) is 4.91 Å². The van der Waals surface area contributed by atoms with Gasteiger partial charge in [0.2, 0.25) is 0 Å². The lowest BCUT2D eigenvalue weighted by Gasteiger charge is -2.26. The number of aryl methyl sites for hydroxylation is 2. The minimum absolute atomic E-state index is 0.751. The van der Waals surface area contributed by atoms with Crippen LogP contribution in [-0.4, -0.2) is 13.1 Å². The molecule has 4 rings (SSSR count). The van der Waals surface area contributed by atoms with Crippen molar-refractivity contribution in [2.75, 3.05) is 23.1 Å². The van der Waals surface area contributed by atoms with Crippen molar-refractivity contribution in [1.82, 2.24) is 0 Å². The molecule has 120 valence electrons. The maximum atomic E-state index is 10.4. The fourth-order valence-corrected chi connectivity index (χ4v) is 3.16. The molecule has 0 aromatic heterocycles. The number of rotatable bonds is 1. The highest BCUT2D eigenvalue weighted by Gasteiger charge is 2.15. The topological polar surface area (TPSA) is 61.9 Å². The van der Waals surface area contributed by atoms with Gasteiger partial charge in [-0.1, -0.05) is 36.4 Å². The molecule has 2 N–H and O–H groups in total. The largest absolute Gasteiger partial charge is 0.311 e. The van der Waals surface area contributed by atoms with Crippen molar-refractivity contribution in [3.63, 3.8) is 0 Å². The van der Waals surface area contributed by atoms with Gasteiger partial charge < -0.3 is 5.01 Å². The Morgan fingerprint density at radius 3 is 2.04 bits per heavy atom. The van der Waals surface area contributed by atoms with E-state index >= 15 is 0 Å². The predicted octanol–water partition coefficient (Wildman–Crippen LogP) is 3.43. The van der Waals surface area contributed by atoms with Crippen LogP contribution in [-0.2, 0) is 12.8 Å². The zero-order valence-electron chi connectivity index (χ0n) is 13.2. The monoisotopic (exact) mass is 310 g/mol. The van der Waals surface area contributed by atoms with Gasteiger partial charge in [-0.25, -0.2) is 10.9 Å². The normalized spacial score (nSPS) is 15.9. The number of fused-ring (bicyclic) bond motifs is 2. The fourth-order valence-electron chi connectivity index (χ4n) is 3.16. The predicted molar refractivity (Wildman–Crippen MR) is 94.2 cm³/mol. The molecular formula is C18H22N4O. The summed E-state index contributed by atoms with van der Waals surface area (Å²) in [7, 11) is 0. The van der Waals surface area contributed by atoms with Crippen LogP contribution >= 0.6 is 0 Å². The van der Waals surface area contributed by atoms with Crippen molar-refractivity contribution in [1.29, 1.82) is 0 Å². The van der Waals surface area contributed by atoms with Gasteiger partial charge in [0.15, 0.2) is 0 Å². The first-order chi connectivity index (χ1) is 11.3. The molecule has 5 nitrogen and oxygen atoms in total. The number of nitrogens with zero attached hydrogens (tertiary/aromatic N) is 3. The van der Waals surface area contributed by atoms with E-state index in [1.54, 1.807) is 0 Å². The first-order valence-corrected chi connectivity index (χ1v) is 8.08. The van der Waals surface area contributed by atoms with Gasteiger partial charge >= 0.3 is 0 Å². The minimum Gasteiger partial charge on any atom is -0.311 e. The Labute approximate surface area is 136 Å². The quantitative estimate of drug-likeness (QED) is 0.647. The van der Waals surface area contributed by atoms with Crippen LogP contribution in [0.3, 0.4) is 0 Å². The molecule has 2 aromatic carbocycles. The van der Waals surface area contributed by atoms with E-state index in [0.717, 1.165) is 31.6 Å². The molecular weight excluding hydrogens is 288 g/mol. The third-order valence-corrected chi connectivity index (χ3v) is 4.33. The number of hydrazine groups is 1. The summed E-state index contributed by atoms with van der Waals surface area (Å²) in [5.41, 5.74) is 4.77. The molecule has 0 bridgehead atoms. The summed E-state index contributed by atoms with van der Waals surface area (Å²) in [4.78, 5) is 10.4. The van der Waals surface area contributed by atoms with Gasteiger partial charge in [-0.15, -0.1) is 4.91 Å². The van der Waals surface area contributed by atoms with E-state index in [-0.39, 0.29) is 0 Å². The van der Waals surface area contributed by atoms with E-state index in [1.807, 2.05) is 35.3 Å². The summed E-state index contributed by atoms with van der Waals surface area (Å²) in [6.45, 7) is 1.73. The summed E-state index contributed by atoms with van der Waals surface area (Å²) in [5, 5.41) is 6.33. The van der Waals surface area contributed by atoms with E-state index in [0.29, 0.717) is 0 Å². The van der Waals surface area contributed by atoms with E-state index in [1.165, 1.54) is 34.7 Å². The van der Waals surface area contributed by atoms with Crippen molar-refractivity contribution in [3.8, 4) is 0 Å². The Kier molecular flexibility index (Phi) is 4.88. The highest BCUT2D eigenvalue weighted by Crippen LogP contribution is 2.26. The van der Waals surface area contributed by atoms with Crippen molar-refractivity contribution in [2.24, 2.45) is 11.1 Å². The number of nitrogens with two attached hydrogens (primary N) is 1. The second-order valence-electron chi connectivity index (χ2n) is 5.86. The average molecular weight is 310 g/mol. The Balaban J connectivity index is 0.000000136. The summed E-state index contributed by atoms with van der Waals surface area (Å²) < 4.78 is 0. The number of anilines is 2. The molecule has 0 aliphatic carbocycles. The second kappa shape index (κ2) is 7.24. The van der Waals surface area contributed by atoms with Crippen molar-refractivity contribution < 1.29 is 0 Å². The van der Waals surface area contributed by atoms with Crippen LogP contribution in [0.5, 0.6) is 0 Å². The summed E-state index contributed by atoms with van der Waals surface area (Å²) in [6, 6.07) is 16.2. The van der Waals surface area contributed by atoms with Crippen LogP contribution in [0.15, 0.2) is 53.8 Å². The lowest BCUT2D eigenvalue weighted by molar-refractivity contribution is 0.712. The number of para-hydroxylation sites is 2. The highest BCUT2D eigenvalue weighted by atomic mass is 16.3. The summed E-state index contributed by atoms with van der Waals surface area (Å²) in [6.07, 6.45) is 4.42. The molecule has 23 heavy (non-hydrogen) atoms.